The fourth-order valence-electron chi connectivity index (χ4n) is 7.08. The molecule has 6 rings (SSSR count). The molecule has 0 aromatic heterocycles. The molecule has 5 aliphatic rings. The molecule has 7 heteroatoms. The fraction of sp³-hybridized carbons (Fsp3) is 0.680. The summed E-state index contributed by atoms with van der Waals surface area (Å²) in [7, 11) is 1.59. The summed E-state index contributed by atoms with van der Waals surface area (Å²) in [6, 6.07) is 9.93. The molecule has 4 saturated carbocycles. The van der Waals surface area contributed by atoms with Crippen molar-refractivity contribution in [2.24, 2.45) is 23.2 Å². The third kappa shape index (κ3) is 4.06. The quantitative estimate of drug-likeness (QED) is 0.659. The van der Waals surface area contributed by atoms with Crippen LogP contribution in [0.4, 0.5) is 0 Å². The fourth-order valence-corrected chi connectivity index (χ4v) is 7.08. The van der Waals surface area contributed by atoms with Gasteiger partial charge in [0.15, 0.2) is 6.29 Å². The zero-order valence-electron chi connectivity index (χ0n) is 18.7. The first-order valence-corrected chi connectivity index (χ1v) is 11.8. The van der Waals surface area contributed by atoms with Crippen molar-refractivity contribution in [3.05, 3.63) is 35.4 Å². The van der Waals surface area contributed by atoms with E-state index >= 15 is 0 Å². The number of ether oxygens (including phenoxy) is 2. The van der Waals surface area contributed by atoms with Crippen molar-refractivity contribution in [1.29, 1.82) is 5.26 Å². The lowest BCUT2D eigenvalue weighted by atomic mass is 9.47. The average Bonchev–Trinajstić information content (AvgIpc) is 2.81. The standard InChI is InChI=1S/C25H33N3O4/c1-31-24(30)25-10-18-8-19(11-25)22(20(9-18)12-25)27-23(29)21-15-28(6-7-32-21)14-17-4-2-16(13-26)3-5-17/h2-5,18-22,24,30H,6-12,14-15H2,1H3,(H,27,29)/t18?,19?,20?,21-,22?,24?,25?/m1/s1. The number of benzene rings is 1. The third-order valence-electron chi connectivity index (χ3n) is 8.31. The number of methoxy groups -OCH3 is 1. The van der Waals surface area contributed by atoms with Crippen LogP contribution in [0.15, 0.2) is 24.3 Å². The first-order chi connectivity index (χ1) is 15.5. The maximum atomic E-state index is 13.2. The number of nitriles is 1. The first kappa shape index (κ1) is 21.8. The molecule has 1 aromatic carbocycles. The number of hydrogen-bond acceptors (Lipinski definition) is 6. The summed E-state index contributed by atoms with van der Waals surface area (Å²) in [5, 5.41) is 22.9. The van der Waals surface area contributed by atoms with Gasteiger partial charge in [0.1, 0.15) is 6.10 Å². The number of hydrogen-bond donors (Lipinski definition) is 2. The van der Waals surface area contributed by atoms with Crippen LogP contribution in [-0.2, 0) is 20.8 Å². The highest BCUT2D eigenvalue weighted by atomic mass is 16.6. The number of aliphatic hydroxyl groups is 1. The van der Waals surface area contributed by atoms with Gasteiger partial charge in [-0.1, -0.05) is 12.1 Å². The number of rotatable bonds is 6. The number of aliphatic hydroxyl groups excluding tert-OH is 1. The Morgan fingerprint density at radius 2 is 2.03 bits per heavy atom. The molecule has 172 valence electrons. The summed E-state index contributed by atoms with van der Waals surface area (Å²) in [6.07, 6.45) is 4.01. The molecule has 5 fully saturated rings. The average molecular weight is 440 g/mol. The van der Waals surface area contributed by atoms with Gasteiger partial charge >= 0.3 is 0 Å². The molecule has 4 aliphatic carbocycles. The number of carbonyl (C=O) groups is 1. The zero-order valence-corrected chi connectivity index (χ0v) is 18.7. The minimum absolute atomic E-state index is 0.00616. The Labute approximate surface area is 189 Å². The van der Waals surface area contributed by atoms with Crippen LogP contribution >= 0.6 is 0 Å². The van der Waals surface area contributed by atoms with Gasteiger partial charge in [0.05, 0.1) is 18.2 Å². The second-order valence-corrected chi connectivity index (χ2v) is 10.4. The molecular weight excluding hydrogens is 406 g/mol. The molecule has 4 bridgehead atoms. The molecule has 1 saturated heterocycles. The highest BCUT2D eigenvalue weighted by molar-refractivity contribution is 5.81. The number of morpholine rings is 1. The summed E-state index contributed by atoms with van der Waals surface area (Å²) in [6.45, 7) is 2.64. The molecular formula is C25H33N3O4. The Bertz CT molecular complexity index is 866. The summed E-state index contributed by atoms with van der Waals surface area (Å²) in [4.78, 5) is 15.4. The van der Waals surface area contributed by atoms with Crippen LogP contribution in [0, 0.1) is 34.5 Å². The van der Waals surface area contributed by atoms with Gasteiger partial charge in [0.2, 0.25) is 0 Å². The molecule has 4 atom stereocenters. The van der Waals surface area contributed by atoms with Crippen molar-refractivity contribution in [2.75, 3.05) is 26.8 Å². The maximum absolute atomic E-state index is 13.2. The Hall–Kier alpha value is -1.98. The van der Waals surface area contributed by atoms with Crippen molar-refractivity contribution in [2.45, 2.75) is 57.1 Å². The Balaban J connectivity index is 1.19. The molecule has 1 amide bonds. The number of nitrogens with one attached hydrogen (secondary N) is 1. The van der Waals surface area contributed by atoms with Crippen LogP contribution in [0.5, 0.6) is 0 Å². The first-order valence-electron chi connectivity index (χ1n) is 11.8. The van der Waals surface area contributed by atoms with Gasteiger partial charge in [-0.25, -0.2) is 0 Å². The molecule has 0 spiro atoms. The smallest absolute Gasteiger partial charge is 0.250 e. The van der Waals surface area contributed by atoms with Crippen LogP contribution in [-0.4, -0.2) is 61.2 Å². The maximum Gasteiger partial charge on any atom is 0.250 e. The topological polar surface area (TPSA) is 94.8 Å². The van der Waals surface area contributed by atoms with Crippen LogP contribution in [0.1, 0.15) is 43.2 Å². The summed E-state index contributed by atoms with van der Waals surface area (Å²) in [5.74, 6) is 1.45. The molecule has 0 radical (unpaired) electrons. The van der Waals surface area contributed by atoms with E-state index in [9.17, 15) is 9.90 Å². The Morgan fingerprint density at radius 3 is 2.69 bits per heavy atom. The molecule has 3 unspecified atom stereocenters. The SMILES string of the molecule is COC(O)C12CC3CC(C1)C(NC(=O)[C@H]1CN(Cc4ccc(C#N)cc4)CCO1)C(C3)C2. The van der Waals surface area contributed by atoms with E-state index in [-0.39, 0.29) is 17.4 Å². The van der Waals surface area contributed by atoms with E-state index in [0.717, 1.165) is 50.8 Å². The molecule has 32 heavy (non-hydrogen) atoms. The Morgan fingerprint density at radius 1 is 1.31 bits per heavy atom. The van der Waals surface area contributed by atoms with E-state index in [0.29, 0.717) is 36.5 Å². The monoisotopic (exact) mass is 439 g/mol. The molecule has 1 aliphatic heterocycles. The lowest BCUT2D eigenvalue weighted by molar-refractivity contribution is -0.222. The number of carbonyl (C=O) groups excluding carboxylic acids is 1. The van der Waals surface area contributed by atoms with E-state index in [2.05, 4.69) is 16.3 Å². The largest absolute Gasteiger partial charge is 0.367 e. The molecule has 2 N–H and O–H groups in total. The van der Waals surface area contributed by atoms with Gasteiger partial charge in [-0.3, -0.25) is 9.69 Å². The minimum Gasteiger partial charge on any atom is -0.367 e. The van der Waals surface area contributed by atoms with E-state index in [1.165, 1.54) is 0 Å². The second kappa shape index (κ2) is 8.75. The van der Waals surface area contributed by atoms with Crippen LogP contribution in [0.2, 0.25) is 0 Å². The van der Waals surface area contributed by atoms with Crippen molar-refractivity contribution in [3.63, 3.8) is 0 Å². The molecule has 1 heterocycles. The normalized spacial score (nSPS) is 37.1. The van der Waals surface area contributed by atoms with Crippen molar-refractivity contribution < 1.29 is 19.4 Å². The summed E-state index contributed by atoms with van der Waals surface area (Å²) >= 11 is 0. The van der Waals surface area contributed by atoms with Gasteiger partial charge in [-0.2, -0.15) is 5.26 Å². The van der Waals surface area contributed by atoms with Gasteiger partial charge in [0, 0.05) is 38.2 Å². The van der Waals surface area contributed by atoms with Crippen LogP contribution in [0.25, 0.3) is 0 Å². The predicted octanol–water partition coefficient (Wildman–Crippen LogP) is 2.03. The highest BCUT2D eigenvalue weighted by Gasteiger charge is 2.58. The minimum atomic E-state index is -0.704. The van der Waals surface area contributed by atoms with E-state index < -0.39 is 12.4 Å². The lowest BCUT2D eigenvalue weighted by Crippen LogP contribution is -2.63. The Kier molecular flexibility index (Phi) is 5.98. The van der Waals surface area contributed by atoms with Gasteiger partial charge < -0.3 is 19.9 Å². The van der Waals surface area contributed by atoms with Crippen LogP contribution < -0.4 is 5.32 Å². The van der Waals surface area contributed by atoms with E-state index in [1.807, 2.05) is 24.3 Å². The summed E-state index contributed by atoms with van der Waals surface area (Å²) < 4.78 is 11.2. The third-order valence-corrected chi connectivity index (χ3v) is 8.31. The van der Waals surface area contributed by atoms with Crippen molar-refractivity contribution in [1.82, 2.24) is 10.2 Å². The number of nitrogens with zero attached hydrogens (tertiary/aromatic N) is 2. The van der Waals surface area contributed by atoms with Gasteiger partial charge in [0.25, 0.3) is 5.91 Å². The molecule has 1 aromatic rings. The predicted molar refractivity (Wildman–Crippen MR) is 117 cm³/mol. The second-order valence-electron chi connectivity index (χ2n) is 10.4. The molecule has 7 nitrogen and oxygen atoms in total. The van der Waals surface area contributed by atoms with Gasteiger partial charge in [-0.15, -0.1) is 0 Å². The number of amides is 1. The van der Waals surface area contributed by atoms with Crippen LogP contribution in [0.3, 0.4) is 0 Å². The van der Waals surface area contributed by atoms with E-state index in [1.54, 1.807) is 7.11 Å². The highest BCUT2D eigenvalue weighted by Crippen LogP contribution is 2.61. The van der Waals surface area contributed by atoms with Gasteiger partial charge in [-0.05, 0) is 67.6 Å². The summed E-state index contributed by atoms with van der Waals surface area (Å²) in [5.41, 5.74) is 1.66. The van der Waals surface area contributed by atoms with Crippen molar-refractivity contribution >= 4 is 5.91 Å². The zero-order chi connectivity index (χ0) is 22.3. The van der Waals surface area contributed by atoms with E-state index in [4.69, 9.17) is 14.7 Å². The van der Waals surface area contributed by atoms with Crippen molar-refractivity contribution in [3.8, 4) is 6.07 Å². The lowest BCUT2D eigenvalue weighted by Gasteiger charge is -2.61.